The highest BCUT2D eigenvalue weighted by Gasteiger charge is 2.04. The fourth-order valence-corrected chi connectivity index (χ4v) is 2.14. The average molecular weight is 278 g/mol. The van der Waals surface area contributed by atoms with Crippen molar-refractivity contribution in [2.45, 2.75) is 0 Å². The Hall–Kier alpha value is -2.88. The second kappa shape index (κ2) is 5.25. The molecule has 0 saturated heterocycles. The summed E-state index contributed by atoms with van der Waals surface area (Å²) >= 11 is 0. The molecule has 21 heavy (non-hydrogen) atoms. The number of phenolic OH excluding ortho intramolecular Hbond substituents is 1. The van der Waals surface area contributed by atoms with Crippen LogP contribution >= 0.6 is 0 Å². The van der Waals surface area contributed by atoms with E-state index < -0.39 is 0 Å². The highest BCUT2D eigenvalue weighted by molar-refractivity contribution is 5.79. The summed E-state index contributed by atoms with van der Waals surface area (Å²) in [6.07, 6.45) is 3.65. The Bertz CT molecular complexity index is 877. The van der Waals surface area contributed by atoms with Crippen molar-refractivity contribution in [1.82, 2.24) is 9.55 Å². The molecule has 104 valence electrons. The van der Waals surface area contributed by atoms with E-state index >= 15 is 0 Å². The van der Waals surface area contributed by atoms with Crippen molar-refractivity contribution in [2.75, 3.05) is 0 Å². The summed E-state index contributed by atoms with van der Waals surface area (Å²) in [5.41, 5.74) is 1.55. The monoisotopic (exact) mass is 278 g/mol. The predicted octanol–water partition coefficient (Wildman–Crippen LogP) is 2.81. The largest absolute Gasteiger partial charge is 0.508 e. The third kappa shape index (κ3) is 2.56. The van der Waals surface area contributed by atoms with E-state index in [1.165, 1.54) is 4.57 Å². The SMILES string of the molecule is Cn1c(/C=C/c2ccc(O)cc2)nc2ccccc2c1=O. The highest BCUT2D eigenvalue weighted by Crippen LogP contribution is 2.13. The van der Waals surface area contributed by atoms with Gasteiger partial charge in [0.15, 0.2) is 0 Å². The van der Waals surface area contributed by atoms with Crippen molar-refractivity contribution in [3.8, 4) is 5.75 Å². The van der Waals surface area contributed by atoms with Crippen LogP contribution in [-0.2, 0) is 7.05 Å². The molecule has 4 nitrogen and oxygen atoms in total. The first-order chi connectivity index (χ1) is 10.1. The van der Waals surface area contributed by atoms with Crippen molar-refractivity contribution in [1.29, 1.82) is 0 Å². The standard InChI is InChI=1S/C17H14N2O2/c1-19-16(11-8-12-6-9-13(20)10-7-12)18-15-5-3-2-4-14(15)17(19)21/h2-11,20H,1H3/b11-8+. The van der Waals surface area contributed by atoms with Gasteiger partial charge in [-0.05, 0) is 35.9 Å². The Morgan fingerprint density at radius 1 is 1.05 bits per heavy atom. The van der Waals surface area contributed by atoms with Gasteiger partial charge in [-0.25, -0.2) is 4.98 Å². The third-order valence-electron chi connectivity index (χ3n) is 3.34. The summed E-state index contributed by atoms with van der Waals surface area (Å²) in [4.78, 5) is 16.8. The first kappa shape index (κ1) is 13.1. The minimum absolute atomic E-state index is 0.0639. The van der Waals surface area contributed by atoms with Gasteiger partial charge in [-0.15, -0.1) is 0 Å². The second-order valence-corrected chi connectivity index (χ2v) is 4.78. The van der Waals surface area contributed by atoms with Crippen LogP contribution in [0.5, 0.6) is 5.75 Å². The van der Waals surface area contributed by atoms with Gasteiger partial charge in [0.05, 0.1) is 10.9 Å². The van der Waals surface area contributed by atoms with E-state index in [-0.39, 0.29) is 11.3 Å². The van der Waals surface area contributed by atoms with Gasteiger partial charge in [0.25, 0.3) is 5.56 Å². The molecular weight excluding hydrogens is 264 g/mol. The van der Waals surface area contributed by atoms with Crippen LogP contribution in [0.3, 0.4) is 0 Å². The number of aromatic nitrogens is 2. The second-order valence-electron chi connectivity index (χ2n) is 4.78. The number of benzene rings is 2. The molecule has 3 aromatic rings. The lowest BCUT2D eigenvalue weighted by atomic mass is 10.2. The molecule has 0 aliphatic carbocycles. The molecule has 3 rings (SSSR count). The molecule has 1 heterocycles. The number of fused-ring (bicyclic) bond motifs is 1. The fourth-order valence-electron chi connectivity index (χ4n) is 2.14. The number of rotatable bonds is 2. The Kier molecular flexibility index (Phi) is 3.28. The lowest BCUT2D eigenvalue weighted by Crippen LogP contribution is -2.20. The number of aromatic hydroxyl groups is 1. The zero-order chi connectivity index (χ0) is 14.8. The van der Waals surface area contributed by atoms with Crippen LogP contribution in [0.15, 0.2) is 53.3 Å². The summed E-state index contributed by atoms with van der Waals surface area (Å²) < 4.78 is 1.53. The summed E-state index contributed by atoms with van der Waals surface area (Å²) in [6.45, 7) is 0. The molecule has 0 aliphatic rings. The van der Waals surface area contributed by atoms with Crippen LogP contribution < -0.4 is 5.56 Å². The topological polar surface area (TPSA) is 55.1 Å². The van der Waals surface area contributed by atoms with Crippen LogP contribution in [-0.4, -0.2) is 14.7 Å². The maximum Gasteiger partial charge on any atom is 0.261 e. The molecule has 0 amide bonds. The molecule has 1 aromatic heterocycles. The molecule has 0 saturated carbocycles. The van der Waals surface area contributed by atoms with Gasteiger partial charge < -0.3 is 5.11 Å². The molecule has 0 aliphatic heterocycles. The van der Waals surface area contributed by atoms with Gasteiger partial charge >= 0.3 is 0 Å². The molecule has 0 atom stereocenters. The number of para-hydroxylation sites is 1. The molecule has 2 aromatic carbocycles. The van der Waals surface area contributed by atoms with E-state index in [1.54, 1.807) is 43.5 Å². The normalized spacial score (nSPS) is 11.3. The van der Waals surface area contributed by atoms with E-state index in [4.69, 9.17) is 0 Å². The van der Waals surface area contributed by atoms with E-state index in [0.29, 0.717) is 16.7 Å². The zero-order valence-electron chi connectivity index (χ0n) is 11.5. The number of phenols is 1. The molecule has 1 N–H and O–H groups in total. The van der Waals surface area contributed by atoms with E-state index in [2.05, 4.69) is 4.98 Å². The molecule has 4 heteroatoms. The Morgan fingerprint density at radius 3 is 2.52 bits per heavy atom. The Labute approximate surface area is 121 Å². The molecule has 0 fully saturated rings. The van der Waals surface area contributed by atoms with E-state index in [0.717, 1.165) is 5.56 Å². The smallest absolute Gasteiger partial charge is 0.261 e. The molecule has 0 unspecified atom stereocenters. The highest BCUT2D eigenvalue weighted by atomic mass is 16.3. The van der Waals surface area contributed by atoms with Gasteiger partial charge in [-0.2, -0.15) is 0 Å². The molecular formula is C17H14N2O2. The first-order valence-corrected chi connectivity index (χ1v) is 6.58. The summed E-state index contributed by atoms with van der Waals surface area (Å²) in [5.74, 6) is 0.815. The van der Waals surface area contributed by atoms with Gasteiger partial charge in [-0.1, -0.05) is 30.3 Å². The number of nitrogens with zero attached hydrogens (tertiary/aromatic N) is 2. The van der Waals surface area contributed by atoms with Crippen molar-refractivity contribution >= 4 is 23.1 Å². The quantitative estimate of drug-likeness (QED) is 0.784. The van der Waals surface area contributed by atoms with Crippen LogP contribution in [0.4, 0.5) is 0 Å². The summed E-state index contributed by atoms with van der Waals surface area (Å²) in [6, 6.07) is 14.1. The van der Waals surface area contributed by atoms with Gasteiger partial charge in [-0.3, -0.25) is 9.36 Å². The summed E-state index contributed by atoms with van der Waals surface area (Å²) in [7, 11) is 1.71. The first-order valence-electron chi connectivity index (χ1n) is 6.58. The molecule has 0 radical (unpaired) electrons. The maximum absolute atomic E-state index is 12.3. The van der Waals surface area contributed by atoms with Gasteiger partial charge in [0, 0.05) is 7.05 Å². The van der Waals surface area contributed by atoms with Gasteiger partial charge in [0.2, 0.25) is 0 Å². The van der Waals surface area contributed by atoms with E-state index in [1.807, 2.05) is 24.3 Å². The fraction of sp³-hybridized carbons (Fsp3) is 0.0588. The predicted molar refractivity (Wildman–Crippen MR) is 84.0 cm³/mol. The van der Waals surface area contributed by atoms with Crippen molar-refractivity contribution in [2.24, 2.45) is 7.05 Å². The van der Waals surface area contributed by atoms with Crippen molar-refractivity contribution in [3.05, 3.63) is 70.3 Å². The molecule has 0 spiro atoms. The minimum Gasteiger partial charge on any atom is -0.508 e. The number of hydrogen-bond donors (Lipinski definition) is 1. The zero-order valence-corrected chi connectivity index (χ0v) is 11.5. The van der Waals surface area contributed by atoms with Crippen LogP contribution in [0.1, 0.15) is 11.4 Å². The maximum atomic E-state index is 12.3. The average Bonchev–Trinajstić information content (AvgIpc) is 2.51. The van der Waals surface area contributed by atoms with Crippen LogP contribution in [0.25, 0.3) is 23.1 Å². The third-order valence-corrected chi connectivity index (χ3v) is 3.34. The minimum atomic E-state index is -0.0639. The van der Waals surface area contributed by atoms with E-state index in [9.17, 15) is 9.90 Å². The van der Waals surface area contributed by atoms with Crippen molar-refractivity contribution < 1.29 is 5.11 Å². The van der Waals surface area contributed by atoms with Gasteiger partial charge in [0.1, 0.15) is 11.6 Å². The molecule has 0 bridgehead atoms. The van der Waals surface area contributed by atoms with Crippen molar-refractivity contribution in [3.63, 3.8) is 0 Å². The lowest BCUT2D eigenvalue weighted by Gasteiger charge is -2.05. The lowest BCUT2D eigenvalue weighted by molar-refractivity contribution is 0.475. The Morgan fingerprint density at radius 2 is 1.76 bits per heavy atom. The van der Waals surface area contributed by atoms with Crippen LogP contribution in [0.2, 0.25) is 0 Å². The summed E-state index contributed by atoms with van der Waals surface area (Å²) in [5, 5.41) is 9.87. The number of hydrogen-bond acceptors (Lipinski definition) is 3. The Balaban J connectivity index is 2.06. The van der Waals surface area contributed by atoms with Crippen LogP contribution in [0, 0.1) is 0 Å².